The molecule has 0 saturated heterocycles. The lowest BCUT2D eigenvalue weighted by atomic mass is 10.5. The van der Waals surface area contributed by atoms with E-state index in [1.54, 1.807) is 12.8 Å². The second-order valence-electron chi connectivity index (χ2n) is 3.35. The van der Waals surface area contributed by atoms with Gasteiger partial charge >= 0.3 is 8.80 Å². The molecule has 0 bridgehead atoms. The molecular weight excluding hydrogens is 184 g/mol. The Morgan fingerprint density at radius 1 is 1.08 bits per heavy atom. The molecule has 0 aromatic heterocycles. The van der Waals surface area contributed by atoms with E-state index >= 15 is 0 Å². The lowest BCUT2D eigenvalue weighted by Gasteiger charge is -2.28. The molecule has 0 aromatic carbocycles. The minimum atomic E-state index is -2.61. The molecule has 78 valence electrons. The second-order valence-corrected chi connectivity index (χ2v) is 5.84. The fourth-order valence-corrected chi connectivity index (χ4v) is 2.88. The summed E-state index contributed by atoms with van der Waals surface area (Å²) in [7, 11) is -1.01. The molecule has 0 aliphatic heterocycles. The molecule has 0 saturated carbocycles. The van der Waals surface area contributed by atoms with Gasteiger partial charge in [0.05, 0.1) is 0 Å². The molecule has 0 amide bonds. The minimum absolute atomic E-state index is 0.0865. The lowest BCUT2D eigenvalue weighted by molar-refractivity contribution is 0.0442. The lowest BCUT2D eigenvalue weighted by Crippen LogP contribution is -2.46. The van der Waals surface area contributed by atoms with Crippen molar-refractivity contribution in [2.24, 2.45) is 0 Å². The molecule has 0 rings (SSSR count). The van der Waals surface area contributed by atoms with Gasteiger partial charge in [-0.05, 0) is 33.4 Å². The van der Waals surface area contributed by atoms with E-state index in [0.29, 0.717) is 0 Å². The van der Waals surface area contributed by atoms with Gasteiger partial charge in [-0.2, -0.15) is 0 Å². The molecule has 13 heavy (non-hydrogen) atoms. The van der Waals surface area contributed by atoms with Crippen LogP contribution >= 0.6 is 0 Å². The molecule has 0 spiro atoms. The van der Waals surface area contributed by atoms with Crippen LogP contribution in [0.5, 0.6) is 0 Å². The zero-order valence-electron chi connectivity index (χ0n) is 9.16. The van der Waals surface area contributed by atoms with Crippen LogP contribution < -0.4 is 0 Å². The van der Waals surface area contributed by atoms with E-state index in [0.717, 1.165) is 0 Å². The summed E-state index contributed by atoms with van der Waals surface area (Å²) in [5.41, 5.74) is 1.66. The summed E-state index contributed by atoms with van der Waals surface area (Å²) in [4.78, 5) is 0. The van der Waals surface area contributed by atoms with Crippen LogP contribution in [0.3, 0.4) is 0 Å². The summed E-state index contributed by atoms with van der Waals surface area (Å²) >= 11 is 0. The predicted octanol–water partition coefficient (Wildman–Crippen LogP) is 2.15. The Kier molecular flexibility index (Phi) is 5.47. The molecule has 0 N–H and O–H groups in total. The van der Waals surface area contributed by atoms with E-state index in [1.807, 2.05) is 27.7 Å². The molecule has 0 aliphatic carbocycles. The number of hydrogen-bond donors (Lipinski definition) is 0. The molecule has 3 nitrogen and oxygen atoms in total. The van der Waals surface area contributed by atoms with Crippen molar-refractivity contribution in [1.82, 2.24) is 0 Å². The van der Waals surface area contributed by atoms with Gasteiger partial charge in [0.15, 0.2) is 0 Å². The Balaban J connectivity index is 4.39. The third-order valence-electron chi connectivity index (χ3n) is 1.33. The fraction of sp³-hybridized carbons (Fsp3) is 0.778. The van der Waals surface area contributed by atoms with Gasteiger partial charge in [0.2, 0.25) is 0 Å². The maximum Gasteiger partial charge on any atom is 0.529 e. The van der Waals surface area contributed by atoms with Crippen molar-refractivity contribution in [1.29, 1.82) is 0 Å². The van der Waals surface area contributed by atoms with E-state index in [1.165, 1.54) is 0 Å². The van der Waals surface area contributed by atoms with Crippen LogP contribution in [0.15, 0.2) is 12.3 Å². The fourth-order valence-electron chi connectivity index (χ4n) is 0.961. The van der Waals surface area contributed by atoms with Crippen LogP contribution in [-0.4, -0.2) is 28.1 Å². The first kappa shape index (κ1) is 12.8. The van der Waals surface area contributed by atoms with Crippen LogP contribution in [0.1, 0.15) is 27.7 Å². The van der Waals surface area contributed by atoms with Crippen molar-refractivity contribution in [3.05, 3.63) is 12.3 Å². The van der Waals surface area contributed by atoms with Gasteiger partial charge in [0.1, 0.15) is 0 Å². The maximum absolute atomic E-state index is 5.62. The largest absolute Gasteiger partial charge is 0.529 e. The van der Waals surface area contributed by atoms with Gasteiger partial charge in [-0.1, -0.05) is 6.58 Å². The summed E-state index contributed by atoms with van der Waals surface area (Å²) in [6.45, 7) is 11.5. The van der Waals surface area contributed by atoms with Crippen LogP contribution in [-0.2, 0) is 13.3 Å². The average molecular weight is 204 g/mol. The summed E-state index contributed by atoms with van der Waals surface area (Å²) in [6.07, 6.45) is 0.173. The van der Waals surface area contributed by atoms with Crippen molar-refractivity contribution in [3.63, 3.8) is 0 Å². The summed E-state index contributed by atoms with van der Waals surface area (Å²) in [5, 5.41) is 0. The molecule has 4 heteroatoms. The second kappa shape index (κ2) is 5.54. The third-order valence-corrected chi connectivity index (χ3v) is 4.00. The Labute approximate surface area is 82.1 Å². The number of rotatable bonds is 6. The van der Waals surface area contributed by atoms with Crippen molar-refractivity contribution in [3.8, 4) is 0 Å². The highest BCUT2D eigenvalue weighted by atomic mass is 28.4. The highest BCUT2D eigenvalue weighted by Crippen LogP contribution is 2.14. The summed E-state index contributed by atoms with van der Waals surface area (Å²) < 4.78 is 16.5. The van der Waals surface area contributed by atoms with E-state index in [2.05, 4.69) is 6.58 Å². The predicted molar refractivity (Wildman–Crippen MR) is 55.4 cm³/mol. The summed E-state index contributed by atoms with van der Waals surface area (Å²) in [6, 6.07) is 0. The quantitative estimate of drug-likeness (QED) is 0.620. The van der Waals surface area contributed by atoms with Gasteiger partial charge in [-0.3, -0.25) is 0 Å². The Morgan fingerprint density at radius 3 is 1.62 bits per heavy atom. The van der Waals surface area contributed by atoms with Crippen LogP contribution in [0, 0.1) is 0 Å². The highest BCUT2D eigenvalue weighted by molar-refractivity contribution is 6.66. The first-order valence-electron chi connectivity index (χ1n) is 4.50. The van der Waals surface area contributed by atoms with Gasteiger partial charge in [-0.25, -0.2) is 0 Å². The van der Waals surface area contributed by atoms with Crippen molar-refractivity contribution in [2.75, 3.05) is 7.11 Å². The zero-order valence-corrected chi connectivity index (χ0v) is 10.2. The van der Waals surface area contributed by atoms with Crippen molar-refractivity contribution < 1.29 is 13.3 Å². The molecule has 0 heterocycles. The average Bonchev–Trinajstić information content (AvgIpc) is 2.01. The highest BCUT2D eigenvalue weighted by Gasteiger charge is 2.38. The molecule has 0 radical (unpaired) electrons. The van der Waals surface area contributed by atoms with Gasteiger partial charge < -0.3 is 13.3 Å². The van der Waals surface area contributed by atoms with E-state index in [9.17, 15) is 0 Å². The van der Waals surface area contributed by atoms with Crippen LogP contribution in [0.4, 0.5) is 0 Å². The van der Waals surface area contributed by atoms with Crippen molar-refractivity contribution >= 4 is 8.80 Å². The Bertz CT molecular complexity index is 147. The third kappa shape index (κ3) is 4.57. The minimum Gasteiger partial charge on any atom is -0.374 e. The molecule has 0 aromatic rings. The first-order chi connectivity index (χ1) is 5.95. The molecular formula is C9H20O3Si. The van der Waals surface area contributed by atoms with Gasteiger partial charge in [0.25, 0.3) is 0 Å². The van der Waals surface area contributed by atoms with E-state index in [4.69, 9.17) is 13.3 Å². The molecule has 0 fully saturated rings. The Hall–Kier alpha value is -0.163. The van der Waals surface area contributed by atoms with Gasteiger partial charge in [-0.15, -0.1) is 0 Å². The number of hydrogen-bond acceptors (Lipinski definition) is 3. The van der Waals surface area contributed by atoms with E-state index < -0.39 is 8.80 Å². The zero-order chi connectivity index (χ0) is 10.5. The monoisotopic (exact) mass is 204 g/mol. The topological polar surface area (TPSA) is 27.7 Å². The molecule has 0 aliphatic rings. The smallest absolute Gasteiger partial charge is 0.374 e. The standard InChI is InChI=1S/C9H20O3Si/c1-7-13(10-6,11-8(2)3)12-9(4)5/h7-9H,1H2,2-6H3. The SMILES string of the molecule is C=C[Si](OC)(OC(C)C)OC(C)C. The molecule has 0 atom stereocenters. The maximum atomic E-state index is 5.62. The normalized spacial score (nSPS) is 12.5. The van der Waals surface area contributed by atoms with Crippen molar-refractivity contribution in [2.45, 2.75) is 39.9 Å². The van der Waals surface area contributed by atoms with Gasteiger partial charge in [0, 0.05) is 19.3 Å². The van der Waals surface area contributed by atoms with E-state index in [-0.39, 0.29) is 12.2 Å². The van der Waals surface area contributed by atoms with Crippen LogP contribution in [0.25, 0.3) is 0 Å². The van der Waals surface area contributed by atoms with Crippen LogP contribution in [0.2, 0.25) is 0 Å². The first-order valence-corrected chi connectivity index (χ1v) is 6.30. The summed E-state index contributed by atoms with van der Waals surface area (Å²) in [5.74, 6) is 0. The molecule has 0 unspecified atom stereocenters. The Morgan fingerprint density at radius 2 is 1.46 bits per heavy atom.